The number of aryl methyl sites for hydroxylation is 1. The number of imidazole rings is 1. The third kappa shape index (κ3) is 5.68. The number of nitrogens with one attached hydrogen (secondary N) is 1. The van der Waals surface area contributed by atoms with Gasteiger partial charge in [-0.1, -0.05) is 32.3 Å². The molecule has 0 radical (unpaired) electrons. The first-order valence-electron chi connectivity index (χ1n) is 11.1. The fourth-order valence-corrected chi connectivity index (χ4v) is 4.36. The van der Waals surface area contributed by atoms with Crippen LogP contribution in [0.25, 0.3) is 17.1 Å². The van der Waals surface area contributed by atoms with E-state index in [0.717, 1.165) is 67.7 Å². The van der Waals surface area contributed by atoms with Gasteiger partial charge in [0.15, 0.2) is 0 Å². The molecule has 1 aromatic carbocycles. The van der Waals surface area contributed by atoms with Crippen LogP contribution in [0.5, 0.6) is 0 Å². The summed E-state index contributed by atoms with van der Waals surface area (Å²) in [5.41, 5.74) is 4.54. The van der Waals surface area contributed by atoms with Crippen LogP contribution in [0, 0.1) is 0 Å². The van der Waals surface area contributed by atoms with Gasteiger partial charge < -0.3 is 9.67 Å². The summed E-state index contributed by atoms with van der Waals surface area (Å²) in [6.07, 6.45) is 11.0. The van der Waals surface area contributed by atoms with Gasteiger partial charge in [-0.3, -0.25) is 14.9 Å². The molecule has 3 rings (SSSR count). The van der Waals surface area contributed by atoms with Gasteiger partial charge in [0.2, 0.25) is 0 Å². The maximum absolute atomic E-state index is 11.3. The molecule has 3 N–H and O–H groups in total. The number of likely N-dealkylation sites (tertiary alicyclic amines) is 1. The first-order valence-corrected chi connectivity index (χ1v) is 11.1. The second-order valence-electron chi connectivity index (χ2n) is 8.09. The van der Waals surface area contributed by atoms with Gasteiger partial charge >= 0.3 is 0 Å². The predicted octanol–water partition coefficient (Wildman–Crippen LogP) is 3.31. The van der Waals surface area contributed by atoms with Crippen LogP contribution in [-0.4, -0.2) is 56.9 Å². The summed E-state index contributed by atoms with van der Waals surface area (Å²) in [5, 5.41) is 18.0. The molecule has 1 amide bonds. The molecule has 1 fully saturated rings. The number of aliphatic hydroxyl groups is 1. The van der Waals surface area contributed by atoms with Crippen molar-refractivity contribution in [2.75, 3.05) is 26.2 Å². The van der Waals surface area contributed by atoms with Crippen molar-refractivity contribution in [1.29, 1.82) is 0 Å². The number of amides is 1. The molecule has 2 aromatic rings. The summed E-state index contributed by atoms with van der Waals surface area (Å²) in [6, 6.07) is 6.42. The highest BCUT2D eigenvalue weighted by molar-refractivity contribution is 5.91. The summed E-state index contributed by atoms with van der Waals surface area (Å²) >= 11 is 0. The smallest absolute Gasteiger partial charge is 0.267 e. The van der Waals surface area contributed by atoms with Gasteiger partial charge in [0.05, 0.1) is 17.6 Å². The van der Waals surface area contributed by atoms with Crippen molar-refractivity contribution < 1.29 is 15.1 Å². The highest BCUT2D eigenvalue weighted by Gasteiger charge is 2.24. The van der Waals surface area contributed by atoms with Crippen LogP contribution in [0.3, 0.4) is 0 Å². The summed E-state index contributed by atoms with van der Waals surface area (Å²) in [5.74, 6) is 0.578. The number of hydroxylamine groups is 1. The second kappa shape index (κ2) is 11.2. The minimum atomic E-state index is -0.552. The van der Waals surface area contributed by atoms with E-state index in [4.69, 9.17) is 10.2 Å². The van der Waals surface area contributed by atoms with Gasteiger partial charge in [0.25, 0.3) is 5.91 Å². The first kappa shape index (κ1) is 22.5. The van der Waals surface area contributed by atoms with Crippen molar-refractivity contribution in [2.45, 2.75) is 57.9 Å². The van der Waals surface area contributed by atoms with Crippen LogP contribution in [0.15, 0.2) is 24.3 Å². The van der Waals surface area contributed by atoms with Crippen molar-refractivity contribution in [3.63, 3.8) is 0 Å². The van der Waals surface area contributed by atoms with E-state index in [9.17, 15) is 9.90 Å². The lowest BCUT2D eigenvalue weighted by molar-refractivity contribution is -0.124. The van der Waals surface area contributed by atoms with Crippen molar-refractivity contribution in [3.05, 3.63) is 35.7 Å². The van der Waals surface area contributed by atoms with E-state index in [1.54, 1.807) is 11.6 Å². The molecule has 164 valence electrons. The van der Waals surface area contributed by atoms with E-state index in [1.165, 1.54) is 25.3 Å². The number of hydrogen-bond acceptors (Lipinski definition) is 5. The standard InChI is InChI=1S/C23H34N4O3/c1-2-3-4-5-8-22-24-20-16-18(10-12-23(29)25-30)9-11-21(20)27(22)19-7-6-13-26(17-19)14-15-28/h9-12,16,19,28,30H,2-8,13-15,17H2,1H3,(H,25,29)/b12-10+. The number of nitrogens with zero attached hydrogens (tertiary/aromatic N) is 3. The van der Waals surface area contributed by atoms with E-state index in [1.807, 2.05) is 12.1 Å². The van der Waals surface area contributed by atoms with Crippen LogP contribution in [-0.2, 0) is 11.2 Å². The van der Waals surface area contributed by atoms with Crippen molar-refractivity contribution >= 4 is 23.0 Å². The van der Waals surface area contributed by atoms with Crippen molar-refractivity contribution in [3.8, 4) is 0 Å². The zero-order valence-electron chi connectivity index (χ0n) is 17.9. The number of aliphatic hydroxyl groups excluding tert-OH is 1. The van der Waals surface area contributed by atoms with E-state index in [-0.39, 0.29) is 6.61 Å². The number of aromatic nitrogens is 2. The number of benzene rings is 1. The Balaban J connectivity index is 1.90. The summed E-state index contributed by atoms with van der Waals surface area (Å²) in [4.78, 5) is 18.6. The predicted molar refractivity (Wildman–Crippen MR) is 118 cm³/mol. The average Bonchev–Trinajstić information content (AvgIpc) is 3.13. The Morgan fingerprint density at radius 1 is 1.33 bits per heavy atom. The number of unbranched alkanes of at least 4 members (excludes halogenated alkanes) is 3. The maximum atomic E-state index is 11.3. The summed E-state index contributed by atoms with van der Waals surface area (Å²) in [7, 11) is 0. The molecule has 1 atom stereocenters. The van der Waals surface area contributed by atoms with Gasteiger partial charge in [0.1, 0.15) is 5.82 Å². The van der Waals surface area contributed by atoms with Gasteiger partial charge in [-0.05, 0) is 49.6 Å². The molecule has 1 aliphatic heterocycles. The number of fused-ring (bicyclic) bond motifs is 1. The molecular formula is C23H34N4O3. The summed E-state index contributed by atoms with van der Waals surface area (Å²) in [6.45, 7) is 5.11. The third-order valence-electron chi connectivity index (χ3n) is 5.84. The van der Waals surface area contributed by atoms with E-state index < -0.39 is 5.91 Å². The normalized spacial score (nSPS) is 17.8. The second-order valence-corrected chi connectivity index (χ2v) is 8.09. The highest BCUT2D eigenvalue weighted by Crippen LogP contribution is 2.29. The summed E-state index contributed by atoms with van der Waals surface area (Å²) < 4.78 is 2.42. The molecule has 0 spiro atoms. The number of β-amino-alcohol motifs (C(OH)–C–C–N with tert-alkyl or cyclic N) is 1. The minimum absolute atomic E-state index is 0.193. The molecule has 7 nitrogen and oxygen atoms in total. The van der Waals surface area contributed by atoms with Crippen LogP contribution in [0.1, 0.15) is 62.9 Å². The maximum Gasteiger partial charge on any atom is 0.267 e. The molecule has 0 bridgehead atoms. The first-order chi connectivity index (χ1) is 14.7. The number of piperidine rings is 1. The monoisotopic (exact) mass is 414 g/mol. The van der Waals surface area contributed by atoms with Crippen LogP contribution in [0.4, 0.5) is 0 Å². The van der Waals surface area contributed by atoms with E-state index >= 15 is 0 Å². The minimum Gasteiger partial charge on any atom is -0.395 e. The molecule has 1 unspecified atom stereocenters. The zero-order valence-corrected chi connectivity index (χ0v) is 17.9. The lowest BCUT2D eigenvalue weighted by Crippen LogP contribution is -2.38. The van der Waals surface area contributed by atoms with Crippen LogP contribution >= 0.6 is 0 Å². The van der Waals surface area contributed by atoms with Gasteiger partial charge in [0, 0.05) is 31.6 Å². The largest absolute Gasteiger partial charge is 0.395 e. The molecule has 30 heavy (non-hydrogen) atoms. The molecule has 0 aliphatic carbocycles. The fourth-order valence-electron chi connectivity index (χ4n) is 4.36. The number of carbonyl (C=O) groups is 1. The molecule has 1 saturated heterocycles. The molecule has 7 heteroatoms. The van der Waals surface area contributed by atoms with Crippen LogP contribution in [0.2, 0.25) is 0 Å². The Morgan fingerprint density at radius 2 is 2.20 bits per heavy atom. The Bertz CT molecular complexity index is 859. The quantitative estimate of drug-likeness (QED) is 0.240. The zero-order chi connectivity index (χ0) is 21.3. The van der Waals surface area contributed by atoms with Crippen molar-refractivity contribution in [1.82, 2.24) is 19.9 Å². The third-order valence-corrected chi connectivity index (χ3v) is 5.84. The Kier molecular flexibility index (Phi) is 8.42. The van der Waals surface area contributed by atoms with Gasteiger partial charge in [-0.15, -0.1) is 0 Å². The molecule has 1 aliphatic rings. The Hall–Kier alpha value is -2.22. The van der Waals surface area contributed by atoms with E-state index in [2.05, 4.69) is 22.5 Å². The molecule has 1 aromatic heterocycles. The Morgan fingerprint density at radius 3 is 2.97 bits per heavy atom. The van der Waals surface area contributed by atoms with Gasteiger partial charge in [-0.2, -0.15) is 0 Å². The number of hydrogen-bond donors (Lipinski definition) is 3. The topological polar surface area (TPSA) is 90.6 Å². The SMILES string of the molecule is CCCCCCc1nc2cc(/C=C/C(=O)NO)ccc2n1C1CCCN(CCO)C1. The highest BCUT2D eigenvalue weighted by atomic mass is 16.5. The number of rotatable bonds is 10. The lowest BCUT2D eigenvalue weighted by Gasteiger charge is -2.34. The van der Waals surface area contributed by atoms with Crippen LogP contribution < -0.4 is 5.48 Å². The molecular weight excluding hydrogens is 380 g/mol. The lowest BCUT2D eigenvalue weighted by atomic mass is 10.0. The van der Waals surface area contributed by atoms with E-state index in [0.29, 0.717) is 6.04 Å². The Labute approximate surface area is 178 Å². The average molecular weight is 415 g/mol. The number of carbonyl (C=O) groups excluding carboxylic acids is 1. The molecule has 0 saturated carbocycles. The molecule has 2 heterocycles. The van der Waals surface area contributed by atoms with Gasteiger partial charge in [-0.25, -0.2) is 10.5 Å². The fraction of sp³-hybridized carbons (Fsp3) is 0.565. The van der Waals surface area contributed by atoms with Crippen molar-refractivity contribution in [2.24, 2.45) is 0 Å².